The van der Waals surface area contributed by atoms with E-state index in [2.05, 4.69) is 5.32 Å². The van der Waals surface area contributed by atoms with Crippen molar-refractivity contribution in [1.29, 1.82) is 0 Å². The first kappa shape index (κ1) is 16.2. The molecule has 1 aromatic rings. The average molecular weight is 271 g/mol. The van der Waals surface area contributed by atoms with E-state index in [-0.39, 0.29) is 0 Å². The van der Waals surface area contributed by atoms with Crippen LogP contribution in [-0.4, -0.2) is 40.6 Å². The van der Waals surface area contributed by atoms with Gasteiger partial charge in [-0.15, -0.1) is 0 Å². The smallest absolute Gasteiger partial charge is 0.130 e. The lowest BCUT2D eigenvalue weighted by Crippen LogP contribution is -2.05. The average Bonchev–Trinajstić information content (AvgIpc) is 2.74. The zero-order chi connectivity index (χ0) is 13.9. The maximum atomic E-state index is 5.61. The Hall–Kier alpha value is -0.880. The Balaban J connectivity index is 2.07. The standard InChI is InChI=1S/C14H25NO4/c1-12-13(10-15-2)9-14(19-12)11-18-6-4-5-17-8-7-16-3/h9,15H,4-8,10-11H2,1-3H3. The fourth-order valence-corrected chi connectivity index (χ4v) is 1.70. The van der Waals surface area contributed by atoms with Gasteiger partial charge in [-0.25, -0.2) is 0 Å². The van der Waals surface area contributed by atoms with E-state index >= 15 is 0 Å². The molecule has 0 aliphatic heterocycles. The topological polar surface area (TPSA) is 52.9 Å². The molecule has 0 amide bonds. The highest BCUT2D eigenvalue weighted by atomic mass is 16.5. The van der Waals surface area contributed by atoms with E-state index in [0.717, 1.165) is 24.5 Å². The third-order valence-electron chi connectivity index (χ3n) is 2.69. The molecule has 0 unspecified atom stereocenters. The van der Waals surface area contributed by atoms with Crippen LogP contribution >= 0.6 is 0 Å². The van der Waals surface area contributed by atoms with Gasteiger partial charge in [0.05, 0.1) is 13.2 Å². The highest BCUT2D eigenvalue weighted by molar-refractivity contribution is 5.20. The van der Waals surface area contributed by atoms with Crippen molar-refractivity contribution in [3.63, 3.8) is 0 Å². The first-order chi connectivity index (χ1) is 9.27. The monoisotopic (exact) mass is 271 g/mol. The quantitative estimate of drug-likeness (QED) is 0.623. The van der Waals surface area contributed by atoms with Gasteiger partial charge in [-0.2, -0.15) is 0 Å². The fourth-order valence-electron chi connectivity index (χ4n) is 1.70. The van der Waals surface area contributed by atoms with Crippen molar-refractivity contribution in [3.8, 4) is 0 Å². The van der Waals surface area contributed by atoms with Gasteiger partial charge in [0.1, 0.15) is 18.1 Å². The lowest BCUT2D eigenvalue weighted by molar-refractivity contribution is 0.0452. The molecule has 0 radical (unpaired) electrons. The van der Waals surface area contributed by atoms with Crippen LogP contribution in [-0.2, 0) is 27.4 Å². The lowest BCUT2D eigenvalue weighted by atomic mass is 10.2. The molecular formula is C14H25NO4. The highest BCUT2D eigenvalue weighted by Gasteiger charge is 2.06. The SMILES string of the molecule is CNCc1cc(COCCCOCCOC)oc1C. The van der Waals surface area contributed by atoms with Crippen LogP contribution in [0.3, 0.4) is 0 Å². The van der Waals surface area contributed by atoms with Crippen molar-refractivity contribution >= 4 is 0 Å². The molecule has 1 heterocycles. The summed E-state index contributed by atoms with van der Waals surface area (Å²) in [4.78, 5) is 0. The number of ether oxygens (including phenoxy) is 3. The van der Waals surface area contributed by atoms with E-state index < -0.39 is 0 Å². The van der Waals surface area contributed by atoms with Gasteiger partial charge in [-0.1, -0.05) is 0 Å². The Morgan fingerprint density at radius 1 is 1.16 bits per heavy atom. The second-order valence-electron chi connectivity index (χ2n) is 4.34. The zero-order valence-corrected chi connectivity index (χ0v) is 12.2. The number of aryl methyl sites for hydroxylation is 1. The van der Waals surface area contributed by atoms with Crippen LogP contribution in [0, 0.1) is 6.92 Å². The van der Waals surface area contributed by atoms with Crippen molar-refractivity contribution in [1.82, 2.24) is 5.32 Å². The molecular weight excluding hydrogens is 246 g/mol. The Kier molecular flexibility index (Phi) is 8.49. The largest absolute Gasteiger partial charge is 0.464 e. The summed E-state index contributed by atoms with van der Waals surface area (Å²) in [6.07, 6.45) is 0.882. The number of hydrogen-bond acceptors (Lipinski definition) is 5. The normalized spacial score (nSPS) is 11.1. The number of nitrogens with one attached hydrogen (secondary N) is 1. The number of hydrogen-bond donors (Lipinski definition) is 1. The minimum Gasteiger partial charge on any atom is -0.464 e. The first-order valence-corrected chi connectivity index (χ1v) is 6.65. The molecule has 5 nitrogen and oxygen atoms in total. The van der Waals surface area contributed by atoms with Gasteiger partial charge >= 0.3 is 0 Å². The van der Waals surface area contributed by atoms with E-state index in [9.17, 15) is 0 Å². The molecule has 110 valence electrons. The molecule has 0 saturated heterocycles. The van der Waals surface area contributed by atoms with Gasteiger partial charge in [0, 0.05) is 32.4 Å². The van der Waals surface area contributed by atoms with E-state index in [4.69, 9.17) is 18.6 Å². The van der Waals surface area contributed by atoms with Crippen molar-refractivity contribution in [2.45, 2.75) is 26.5 Å². The summed E-state index contributed by atoms with van der Waals surface area (Å²) >= 11 is 0. The Morgan fingerprint density at radius 2 is 1.95 bits per heavy atom. The van der Waals surface area contributed by atoms with Gasteiger partial charge in [-0.05, 0) is 26.5 Å². The number of rotatable bonds is 11. The van der Waals surface area contributed by atoms with Gasteiger partial charge in [0.2, 0.25) is 0 Å². The van der Waals surface area contributed by atoms with Gasteiger partial charge in [-0.3, -0.25) is 0 Å². The first-order valence-electron chi connectivity index (χ1n) is 6.65. The molecule has 0 atom stereocenters. The van der Waals surface area contributed by atoms with Gasteiger partial charge in [0.15, 0.2) is 0 Å². The molecule has 0 fully saturated rings. The maximum absolute atomic E-state index is 5.61. The van der Waals surface area contributed by atoms with E-state index in [1.165, 1.54) is 5.56 Å². The molecule has 1 rings (SSSR count). The van der Waals surface area contributed by atoms with Crippen molar-refractivity contribution < 1.29 is 18.6 Å². The Labute approximate surface area is 115 Å². The number of methoxy groups -OCH3 is 1. The fraction of sp³-hybridized carbons (Fsp3) is 0.714. The predicted molar refractivity (Wildman–Crippen MR) is 73.2 cm³/mol. The summed E-state index contributed by atoms with van der Waals surface area (Å²) in [7, 11) is 3.59. The van der Waals surface area contributed by atoms with Crippen LogP contribution in [0.15, 0.2) is 10.5 Å². The predicted octanol–water partition coefficient (Wildman–Crippen LogP) is 1.88. The molecule has 0 saturated carbocycles. The van der Waals surface area contributed by atoms with Crippen molar-refractivity contribution in [2.24, 2.45) is 0 Å². The summed E-state index contributed by atoms with van der Waals surface area (Å²) in [6.45, 7) is 5.97. The van der Waals surface area contributed by atoms with Gasteiger partial charge < -0.3 is 23.9 Å². The third-order valence-corrected chi connectivity index (χ3v) is 2.69. The molecule has 0 spiro atoms. The van der Waals surface area contributed by atoms with Crippen molar-refractivity contribution in [2.75, 3.05) is 40.6 Å². The van der Waals surface area contributed by atoms with Crippen LogP contribution in [0.25, 0.3) is 0 Å². The zero-order valence-electron chi connectivity index (χ0n) is 12.2. The molecule has 0 bridgehead atoms. The third kappa shape index (κ3) is 6.73. The molecule has 1 aromatic heterocycles. The summed E-state index contributed by atoms with van der Waals surface area (Å²) < 4.78 is 21.4. The number of furan rings is 1. The molecule has 0 aromatic carbocycles. The summed E-state index contributed by atoms with van der Waals surface area (Å²) in [5.74, 6) is 1.83. The summed E-state index contributed by atoms with van der Waals surface area (Å²) in [6, 6.07) is 2.04. The van der Waals surface area contributed by atoms with E-state index in [1.807, 2.05) is 20.0 Å². The van der Waals surface area contributed by atoms with E-state index in [1.54, 1.807) is 7.11 Å². The summed E-state index contributed by atoms with van der Waals surface area (Å²) in [5, 5.41) is 3.11. The molecule has 19 heavy (non-hydrogen) atoms. The highest BCUT2D eigenvalue weighted by Crippen LogP contribution is 2.15. The van der Waals surface area contributed by atoms with E-state index in [0.29, 0.717) is 33.0 Å². The van der Waals surface area contributed by atoms with Crippen LogP contribution in [0.1, 0.15) is 23.5 Å². The lowest BCUT2D eigenvalue weighted by Gasteiger charge is -2.04. The van der Waals surface area contributed by atoms with Crippen molar-refractivity contribution in [3.05, 3.63) is 23.2 Å². The minimum atomic E-state index is 0.516. The summed E-state index contributed by atoms with van der Waals surface area (Å²) in [5.41, 5.74) is 1.18. The minimum absolute atomic E-state index is 0.516. The molecule has 0 aliphatic rings. The maximum Gasteiger partial charge on any atom is 0.130 e. The second kappa shape index (κ2) is 9.97. The molecule has 5 heteroatoms. The second-order valence-corrected chi connectivity index (χ2v) is 4.34. The van der Waals surface area contributed by atoms with Crippen LogP contribution < -0.4 is 5.32 Å². The Bertz CT molecular complexity index is 338. The Morgan fingerprint density at radius 3 is 2.68 bits per heavy atom. The molecule has 1 N–H and O–H groups in total. The van der Waals surface area contributed by atoms with Crippen LogP contribution in [0.4, 0.5) is 0 Å². The molecule has 0 aliphatic carbocycles. The van der Waals surface area contributed by atoms with Gasteiger partial charge in [0.25, 0.3) is 0 Å². The van der Waals surface area contributed by atoms with Crippen LogP contribution in [0.5, 0.6) is 0 Å². The van der Waals surface area contributed by atoms with Crippen LogP contribution in [0.2, 0.25) is 0 Å².